The Morgan fingerprint density at radius 1 is 1.42 bits per heavy atom. The molecule has 3 N–H and O–H groups in total. The van der Waals surface area contributed by atoms with Crippen LogP contribution in [0.3, 0.4) is 0 Å². The third-order valence-corrected chi connectivity index (χ3v) is 4.23. The summed E-state index contributed by atoms with van der Waals surface area (Å²) >= 11 is 0. The Labute approximate surface area is 110 Å². The molecule has 0 radical (unpaired) electrons. The predicted molar refractivity (Wildman–Crippen MR) is 68.4 cm³/mol. The number of rotatable bonds is 3. The molecule has 0 saturated heterocycles. The van der Waals surface area contributed by atoms with Crippen molar-refractivity contribution in [1.29, 1.82) is 0 Å². The molecule has 1 heterocycles. The molecule has 1 aromatic heterocycles. The van der Waals surface area contributed by atoms with Crippen LogP contribution in [0.1, 0.15) is 22.5 Å². The normalized spacial score (nSPS) is 13.6. The van der Waals surface area contributed by atoms with E-state index in [4.69, 9.17) is 0 Å². The van der Waals surface area contributed by atoms with E-state index in [0.29, 0.717) is 16.5 Å². The highest BCUT2D eigenvalue weighted by molar-refractivity contribution is 7.86. The molecule has 6 nitrogen and oxygen atoms in total. The summed E-state index contributed by atoms with van der Waals surface area (Å²) in [6, 6.07) is 6.88. The highest BCUT2D eigenvalue weighted by Crippen LogP contribution is 2.29. The minimum absolute atomic E-state index is 0.0717. The number of carbonyl (C=O) groups is 1. The van der Waals surface area contributed by atoms with E-state index in [-0.39, 0.29) is 12.5 Å². The van der Waals surface area contributed by atoms with Gasteiger partial charge in [-0.3, -0.25) is 9.36 Å². The van der Waals surface area contributed by atoms with E-state index in [2.05, 4.69) is 5.73 Å². The number of fused-ring (bicyclic) bond motifs is 1. The third kappa shape index (κ3) is 2.40. The zero-order valence-corrected chi connectivity index (χ0v) is 11.2. The summed E-state index contributed by atoms with van der Waals surface area (Å²) in [6.45, 7) is 1.30. The third-order valence-electron chi connectivity index (χ3n) is 3.04. The number of quaternary nitrogens is 1. The Kier molecular flexibility index (Phi) is 3.44. The SMILES string of the molecule is CC(=O)n1cc([C@H](C[NH3+])S(=O)(=O)[O-])c2ccccc21. The van der Waals surface area contributed by atoms with Crippen molar-refractivity contribution < 1.29 is 23.5 Å². The maximum atomic E-state index is 11.6. The number of nitrogens with zero attached hydrogens (tertiary/aromatic N) is 1. The van der Waals surface area contributed by atoms with Gasteiger partial charge in [-0.2, -0.15) is 0 Å². The average molecular weight is 282 g/mol. The summed E-state index contributed by atoms with van der Waals surface area (Å²) in [5.74, 6) is -0.242. The van der Waals surface area contributed by atoms with Crippen LogP contribution in [-0.2, 0) is 10.1 Å². The summed E-state index contributed by atoms with van der Waals surface area (Å²) < 4.78 is 35.2. The molecule has 102 valence electrons. The Morgan fingerprint density at radius 3 is 2.58 bits per heavy atom. The first-order chi connectivity index (χ1) is 8.86. The lowest BCUT2D eigenvalue weighted by Crippen LogP contribution is -2.54. The van der Waals surface area contributed by atoms with Crippen LogP contribution in [0.2, 0.25) is 0 Å². The van der Waals surface area contributed by atoms with E-state index in [1.807, 2.05) is 0 Å². The molecule has 0 aliphatic carbocycles. The molecule has 0 aliphatic heterocycles. The number of carbonyl (C=O) groups excluding carboxylic acids is 1. The van der Waals surface area contributed by atoms with Gasteiger partial charge in [-0.25, -0.2) is 8.42 Å². The highest BCUT2D eigenvalue weighted by atomic mass is 32.2. The van der Waals surface area contributed by atoms with E-state index >= 15 is 0 Å². The first-order valence-corrected chi connectivity index (χ1v) is 7.18. The molecule has 19 heavy (non-hydrogen) atoms. The predicted octanol–water partition coefficient (Wildman–Crippen LogP) is 0.130. The summed E-state index contributed by atoms with van der Waals surface area (Å²) in [6.07, 6.45) is 1.41. The van der Waals surface area contributed by atoms with Crippen LogP contribution in [0.15, 0.2) is 30.5 Å². The van der Waals surface area contributed by atoms with Gasteiger partial charge in [0.15, 0.2) is 0 Å². The summed E-state index contributed by atoms with van der Waals surface area (Å²) in [4.78, 5) is 11.6. The summed E-state index contributed by atoms with van der Waals surface area (Å²) in [5, 5.41) is -0.649. The molecule has 2 rings (SSSR count). The van der Waals surface area contributed by atoms with Gasteiger partial charge in [-0.15, -0.1) is 0 Å². The van der Waals surface area contributed by atoms with Gasteiger partial charge in [0.05, 0.1) is 12.1 Å². The summed E-state index contributed by atoms with van der Waals surface area (Å²) in [7, 11) is -4.51. The van der Waals surface area contributed by atoms with Gasteiger partial charge < -0.3 is 10.3 Å². The number of hydrogen-bond donors (Lipinski definition) is 1. The lowest BCUT2D eigenvalue weighted by molar-refractivity contribution is -0.367. The first-order valence-electron chi connectivity index (χ1n) is 5.71. The largest absolute Gasteiger partial charge is 0.747 e. The van der Waals surface area contributed by atoms with Gasteiger partial charge >= 0.3 is 0 Å². The topological polar surface area (TPSA) is 107 Å². The quantitative estimate of drug-likeness (QED) is 0.807. The fraction of sp³-hybridized carbons (Fsp3) is 0.250. The molecule has 7 heteroatoms. The van der Waals surface area contributed by atoms with Crippen LogP contribution in [0.4, 0.5) is 0 Å². The fourth-order valence-electron chi connectivity index (χ4n) is 2.18. The van der Waals surface area contributed by atoms with Crippen LogP contribution in [0.25, 0.3) is 10.9 Å². The van der Waals surface area contributed by atoms with Crippen molar-refractivity contribution in [2.45, 2.75) is 12.2 Å². The Balaban J connectivity index is 2.77. The molecule has 0 unspecified atom stereocenters. The maximum absolute atomic E-state index is 11.6. The highest BCUT2D eigenvalue weighted by Gasteiger charge is 2.24. The molecule has 0 aliphatic rings. The number of benzene rings is 1. The molecule has 1 aromatic carbocycles. The monoisotopic (exact) mass is 282 g/mol. The zero-order valence-electron chi connectivity index (χ0n) is 10.4. The minimum Gasteiger partial charge on any atom is -0.747 e. The van der Waals surface area contributed by atoms with E-state index in [0.717, 1.165) is 0 Å². The van der Waals surface area contributed by atoms with Gasteiger partial charge in [0, 0.05) is 24.1 Å². The fourth-order valence-corrected chi connectivity index (χ4v) is 2.97. The van der Waals surface area contributed by atoms with Gasteiger partial charge in [-0.05, 0) is 6.07 Å². The lowest BCUT2D eigenvalue weighted by Gasteiger charge is -2.16. The van der Waals surface area contributed by atoms with Crippen LogP contribution >= 0.6 is 0 Å². The molecular weight excluding hydrogens is 268 g/mol. The van der Waals surface area contributed by atoms with Crippen LogP contribution < -0.4 is 5.73 Å². The Bertz CT molecular complexity index is 733. The molecule has 0 amide bonds. The van der Waals surface area contributed by atoms with Crippen LogP contribution in [0.5, 0.6) is 0 Å². The van der Waals surface area contributed by atoms with Crippen molar-refractivity contribution in [2.75, 3.05) is 6.54 Å². The zero-order chi connectivity index (χ0) is 14.2. The second kappa shape index (κ2) is 4.76. The Hall–Kier alpha value is -1.70. The summed E-state index contributed by atoms with van der Waals surface area (Å²) in [5.41, 5.74) is 4.44. The van der Waals surface area contributed by atoms with Crippen molar-refractivity contribution in [2.24, 2.45) is 0 Å². The molecule has 1 atom stereocenters. The van der Waals surface area contributed by atoms with Crippen LogP contribution in [0, 0.1) is 0 Å². The van der Waals surface area contributed by atoms with Crippen molar-refractivity contribution in [3.8, 4) is 0 Å². The number of hydrogen-bond acceptors (Lipinski definition) is 4. The second-order valence-corrected chi connectivity index (χ2v) is 5.82. The molecule has 0 fully saturated rings. The lowest BCUT2D eigenvalue weighted by atomic mass is 10.1. The van der Waals surface area contributed by atoms with E-state index in [1.54, 1.807) is 24.3 Å². The Morgan fingerprint density at radius 2 is 2.05 bits per heavy atom. The van der Waals surface area contributed by atoms with Gasteiger partial charge in [0.2, 0.25) is 5.91 Å². The van der Waals surface area contributed by atoms with E-state index < -0.39 is 15.4 Å². The first kappa shape index (κ1) is 13.7. The smallest absolute Gasteiger partial charge is 0.227 e. The molecule has 0 spiro atoms. The van der Waals surface area contributed by atoms with Crippen molar-refractivity contribution in [3.05, 3.63) is 36.0 Å². The average Bonchev–Trinajstić information content (AvgIpc) is 2.68. The van der Waals surface area contributed by atoms with Crippen molar-refractivity contribution in [1.82, 2.24) is 4.57 Å². The second-order valence-electron chi connectivity index (χ2n) is 4.26. The van der Waals surface area contributed by atoms with Crippen molar-refractivity contribution in [3.63, 3.8) is 0 Å². The van der Waals surface area contributed by atoms with Gasteiger partial charge in [-0.1, -0.05) is 18.2 Å². The standard InChI is InChI=1S/C12H14N2O4S/c1-8(15)14-7-10(12(6-13)19(16,17)18)9-4-2-3-5-11(9)14/h2-5,7,12H,6,13H2,1H3,(H,16,17,18)/t12-/m0/s1. The van der Waals surface area contributed by atoms with E-state index in [1.165, 1.54) is 17.7 Å². The molecular formula is C12H14N2O4S. The maximum Gasteiger partial charge on any atom is 0.227 e. The molecule has 2 aromatic rings. The van der Waals surface area contributed by atoms with Gasteiger partial charge in [0.1, 0.15) is 15.4 Å². The van der Waals surface area contributed by atoms with Crippen molar-refractivity contribution >= 4 is 26.9 Å². The minimum atomic E-state index is -4.51. The number of aromatic nitrogens is 1. The van der Waals surface area contributed by atoms with E-state index in [9.17, 15) is 17.8 Å². The molecule has 0 saturated carbocycles. The van der Waals surface area contributed by atoms with Gasteiger partial charge in [0.25, 0.3) is 0 Å². The molecule has 0 bridgehead atoms. The van der Waals surface area contributed by atoms with Crippen LogP contribution in [-0.4, -0.2) is 30.0 Å². The number of para-hydroxylation sites is 1.